The van der Waals surface area contributed by atoms with Crippen molar-refractivity contribution in [2.45, 2.75) is 13.2 Å². The average Bonchev–Trinajstić information content (AvgIpc) is 3.35. The number of aromatic nitrogens is 3. The Morgan fingerprint density at radius 2 is 1.92 bits per heavy atom. The molecule has 0 unspecified atom stereocenters. The van der Waals surface area contributed by atoms with Gasteiger partial charge in [-0.25, -0.2) is 4.68 Å². The molecule has 2 heterocycles. The lowest BCUT2D eigenvalue weighted by Crippen LogP contribution is -2.19. The summed E-state index contributed by atoms with van der Waals surface area (Å²) in [5.41, 5.74) is 1.17. The molecule has 0 spiro atoms. The van der Waals surface area contributed by atoms with Gasteiger partial charge in [0.15, 0.2) is 0 Å². The minimum Gasteiger partial charge on any atom is -0.507 e. The Labute approximate surface area is 223 Å². The van der Waals surface area contributed by atoms with E-state index >= 15 is 0 Å². The third-order valence-electron chi connectivity index (χ3n) is 5.65. The number of hydrogen-bond acceptors (Lipinski definition) is 9. The number of benzene rings is 3. The van der Waals surface area contributed by atoms with Crippen LogP contribution >= 0.6 is 15.9 Å². The number of nitrogens with one attached hydrogen (secondary N) is 1. The largest absolute Gasteiger partial charge is 0.507 e. The van der Waals surface area contributed by atoms with Crippen LogP contribution in [-0.4, -0.2) is 40.2 Å². The summed E-state index contributed by atoms with van der Waals surface area (Å²) >= 11 is 3.34. The van der Waals surface area contributed by atoms with Gasteiger partial charge in [-0.15, -0.1) is 5.10 Å². The summed E-state index contributed by atoms with van der Waals surface area (Å²) in [6.45, 7) is -0.0864. The number of aromatic hydroxyl groups is 1. The molecule has 0 aliphatic rings. The molecule has 2 aromatic heterocycles. The lowest BCUT2D eigenvalue weighted by atomic mass is 10.1. The molecule has 12 heteroatoms. The zero-order chi connectivity index (χ0) is 26.8. The molecule has 0 bridgehead atoms. The maximum absolute atomic E-state index is 12.9. The van der Waals surface area contributed by atoms with Gasteiger partial charge in [-0.3, -0.25) is 9.59 Å². The molecule has 0 fully saturated rings. The van der Waals surface area contributed by atoms with Gasteiger partial charge in [-0.2, -0.15) is 0 Å². The van der Waals surface area contributed by atoms with Crippen LogP contribution in [0.1, 0.15) is 5.69 Å². The van der Waals surface area contributed by atoms with E-state index in [0.29, 0.717) is 33.8 Å². The van der Waals surface area contributed by atoms with E-state index in [2.05, 4.69) is 31.6 Å². The van der Waals surface area contributed by atoms with Gasteiger partial charge in [-0.05, 0) is 30.3 Å². The molecule has 38 heavy (non-hydrogen) atoms. The molecular weight excluding hydrogens is 560 g/mol. The van der Waals surface area contributed by atoms with Crippen LogP contribution in [0.3, 0.4) is 0 Å². The van der Waals surface area contributed by atoms with E-state index in [-0.39, 0.29) is 47.0 Å². The molecule has 0 saturated heterocycles. The van der Waals surface area contributed by atoms with Crippen molar-refractivity contribution in [2.24, 2.45) is 0 Å². The Kier molecular flexibility index (Phi) is 6.88. The van der Waals surface area contributed by atoms with Crippen LogP contribution in [0.5, 0.6) is 23.0 Å². The van der Waals surface area contributed by atoms with Crippen LogP contribution in [0.2, 0.25) is 0 Å². The quantitative estimate of drug-likeness (QED) is 0.258. The summed E-state index contributed by atoms with van der Waals surface area (Å²) in [5.74, 6) is 0.737. The molecule has 11 nitrogen and oxygen atoms in total. The van der Waals surface area contributed by atoms with Crippen LogP contribution in [-0.2, 0) is 17.9 Å². The van der Waals surface area contributed by atoms with E-state index in [1.54, 1.807) is 49.7 Å². The summed E-state index contributed by atoms with van der Waals surface area (Å²) in [5, 5.41) is 21.7. The highest BCUT2D eigenvalue weighted by molar-refractivity contribution is 9.10. The number of hydrogen-bond donors (Lipinski definition) is 2. The van der Waals surface area contributed by atoms with Gasteiger partial charge in [-0.1, -0.05) is 21.1 Å². The van der Waals surface area contributed by atoms with Gasteiger partial charge in [0, 0.05) is 22.7 Å². The normalized spacial score (nSPS) is 11.0. The minimum atomic E-state index is -0.347. The predicted octanol–water partition coefficient (Wildman–Crippen LogP) is 4.24. The second-order valence-corrected chi connectivity index (χ2v) is 9.11. The third-order valence-corrected chi connectivity index (χ3v) is 6.14. The summed E-state index contributed by atoms with van der Waals surface area (Å²) in [4.78, 5) is 25.4. The van der Waals surface area contributed by atoms with Crippen molar-refractivity contribution in [1.82, 2.24) is 15.0 Å². The van der Waals surface area contributed by atoms with E-state index in [1.807, 2.05) is 0 Å². The number of amides is 1. The summed E-state index contributed by atoms with van der Waals surface area (Å²) in [6.07, 6.45) is 1.57. The molecule has 5 rings (SSSR count). The Hall–Kier alpha value is -4.58. The van der Waals surface area contributed by atoms with Crippen molar-refractivity contribution in [1.29, 1.82) is 0 Å². The minimum absolute atomic E-state index is 0.00360. The van der Waals surface area contributed by atoms with E-state index < -0.39 is 0 Å². The fourth-order valence-corrected chi connectivity index (χ4v) is 4.23. The standard InChI is InChI=1S/C26H21BrN4O7/c1-35-16-4-5-19(22(9-16)36-2)28-24(33)12-31-11-15(29-30-31)13-37-17-8-20(32)25-23(10-17)38-21-6-3-14(27)7-18(21)26(25)34/h3-11,32H,12-13H2,1-2H3,(H,28,33). The first-order valence-corrected chi connectivity index (χ1v) is 12.1. The molecule has 0 aliphatic carbocycles. The van der Waals surface area contributed by atoms with Crippen molar-refractivity contribution in [2.75, 3.05) is 19.5 Å². The first-order valence-electron chi connectivity index (χ1n) is 11.3. The SMILES string of the molecule is COc1ccc(NC(=O)Cn2cc(COc3cc(O)c4c(=O)c5cc(Br)ccc5oc4c3)nn2)c(OC)c1. The first-order chi connectivity index (χ1) is 18.3. The van der Waals surface area contributed by atoms with Crippen LogP contribution in [0, 0.1) is 0 Å². The lowest BCUT2D eigenvalue weighted by Gasteiger charge is -2.11. The van der Waals surface area contributed by atoms with Crippen LogP contribution in [0.4, 0.5) is 5.69 Å². The highest BCUT2D eigenvalue weighted by atomic mass is 79.9. The Bertz CT molecular complexity index is 1730. The van der Waals surface area contributed by atoms with Crippen molar-refractivity contribution in [3.05, 3.63) is 75.1 Å². The number of carbonyl (C=O) groups is 1. The third kappa shape index (κ3) is 5.11. The monoisotopic (exact) mass is 580 g/mol. The van der Waals surface area contributed by atoms with Gasteiger partial charge in [0.1, 0.15) is 58.4 Å². The number of rotatable bonds is 8. The number of fused-ring (bicyclic) bond motifs is 2. The Balaban J connectivity index is 1.27. The van der Waals surface area contributed by atoms with Gasteiger partial charge in [0.25, 0.3) is 0 Å². The number of carbonyl (C=O) groups excluding carboxylic acids is 1. The number of ether oxygens (including phenoxy) is 3. The molecule has 0 saturated carbocycles. The van der Waals surface area contributed by atoms with Gasteiger partial charge >= 0.3 is 0 Å². The molecule has 0 atom stereocenters. The highest BCUT2D eigenvalue weighted by Crippen LogP contribution is 2.32. The number of phenols is 1. The molecule has 2 N–H and O–H groups in total. The zero-order valence-corrected chi connectivity index (χ0v) is 21.8. The van der Waals surface area contributed by atoms with Crippen molar-refractivity contribution < 1.29 is 28.5 Å². The Morgan fingerprint density at radius 3 is 2.71 bits per heavy atom. The van der Waals surface area contributed by atoms with Crippen molar-refractivity contribution in [3.8, 4) is 23.0 Å². The molecule has 1 amide bonds. The van der Waals surface area contributed by atoms with Crippen LogP contribution < -0.4 is 25.0 Å². The number of methoxy groups -OCH3 is 2. The van der Waals surface area contributed by atoms with Crippen molar-refractivity contribution >= 4 is 49.5 Å². The van der Waals surface area contributed by atoms with Crippen molar-refractivity contribution in [3.63, 3.8) is 0 Å². The van der Waals surface area contributed by atoms with Crippen LogP contribution in [0.25, 0.3) is 21.9 Å². The molecule has 3 aromatic carbocycles. The fraction of sp³-hybridized carbons (Fsp3) is 0.154. The Morgan fingerprint density at radius 1 is 1.08 bits per heavy atom. The van der Waals surface area contributed by atoms with E-state index in [9.17, 15) is 14.7 Å². The molecule has 5 aromatic rings. The number of nitrogens with zero attached hydrogens (tertiary/aromatic N) is 3. The maximum atomic E-state index is 12.9. The smallest absolute Gasteiger partial charge is 0.246 e. The van der Waals surface area contributed by atoms with Crippen LogP contribution in [0.15, 0.2) is 68.4 Å². The van der Waals surface area contributed by atoms with Gasteiger partial charge in [0.2, 0.25) is 11.3 Å². The number of phenolic OH excluding ortho intramolecular Hbond substituents is 1. The van der Waals surface area contributed by atoms with E-state index in [1.165, 1.54) is 23.9 Å². The summed E-state index contributed by atoms with van der Waals surface area (Å²) in [6, 6.07) is 13.0. The molecule has 194 valence electrons. The molecular formula is C26H21BrN4O7. The topological polar surface area (TPSA) is 138 Å². The summed E-state index contributed by atoms with van der Waals surface area (Å²) in [7, 11) is 3.04. The molecule has 0 aliphatic heterocycles. The van der Waals surface area contributed by atoms with E-state index in [4.69, 9.17) is 18.6 Å². The predicted molar refractivity (Wildman–Crippen MR) is 142 cm³/mol. The lowest BCUT2D eigenvalue weighted by molar-refractivity contribution is -0.116. The fourth-order valence-electron chi connectivity index (χ4n) is 3.87. The van der Waals surface area contributed by atoms with Gasteiger partial charge < -0.3 is 29.1 Å². The number of halogens is 1. The second kappa shape index (κ2) is 10.4. The van der Waals surface area contributed by atoms with Gasteiger partial charge in [0.05, 0.1) is 31.5 Å². The average molecular weight is 581 g/mol. The summed E-state index contributed by atoms with van der Waals surface area (Å²) < 4.78 is 24.1. The zero-order valence-electron chi connectivity index (χ0n) is 20.2. The molecule has 0 radical (unpaired) electrons. The second-order valence-electron chi connectivity index (χ2n) is 8.20. The number of anilines is 1. The highest BCUT2D eigenvalue weighted by Gasteiger charge is 2.15. The first kappa shape index (κ1) is 25.1. The van der Waals surface area contributed by atoms with E-state index in [0.717, 1.165) is 4.47 Å². The maximum Gasteiger partial charge on any atom is 0.246 e.